The molecule has 2 N–H and O–H groups in total. The van der Waals surface area contributed by atoms with E-state index in [2.05, 4.69) is 35.7 Å². The zero-order chi connectivity index (χ0) is 25.7. The molecule has 0 unspecified atom stereocenters. The number of carbonyl (C=O) groups excluding carboxylic acids is 1. The molecule has 4 aromatic rings. The quantitative estimate of drug-likeness (QED) is 0.297. The number of carbonyl (C=O) groups is 1. The minimum Gasteiger partial charge on any atom is -0.361 e. The molecule has 0 saturated carbocycles. The molecule has 2 aromatic carbocycles. The number of nitrogens with two attached hydrogens (primary N) is 1. The molecule has 0 fully saturated rings. The average molecular weight is 506 g/mol. The van der Waals surface area contributed by atoms with E-state index in [0.717, 1.165) is 22.6 Å². The van der Waals surface area contributed by atoms with Gasteiger partial charge >= 0.3 is 0 Å². The van der Waals surface area contributed by atoms with E-state index in [1.54, 1.807) is 6.92 Å². The Hall–Kier alpha value is -3.42. The second-order valence-corrected chi connectivity index (χ2v) is 9.67. The maximum absolute atomic E-state index is 13.8. The van der Waals surface area contributed by atoms with Gasteiger partial charge in [0.1, 0.15) is 17.1 Å². The number of hydrogen-bond acceptors (Lipinski definition) is 5. The number of aryl methyl sites for hydroxylation is 1. The van der Waals surface area contributed by atoms with E-state index in [-0.39, 0.29) is 17.9 Å². The van der Waals surface area contributed by atoms with Gasteiger partial charge in [-0.3, -0.25) is 4.79 Å². The molecule has 188 valence electrons. The minimum absolute atomic E-state index is 0.0797. The first kappa shape index (κ1) is 25.7. The average Bonchev–Trinajstić information content (AvgIpc) is 3.48. The third kappa shape index (κ3) is 5.69. The predicted molar refractivity (Wildman–Crippen MR) is 142 cm³/mol. The number of halogens is 1. The first-order valence-electron chi connectivity index (χ1n) is 12.2. The minimum atomic E-state index is -0.296. The maximum Gasteiger partial charge on any atom is 0.259 e. The Morgan fingerprint density at radius 3 is 2.58 bits per heavy atom. The van der Waals surface area contributed by atoms with Gasteiger partial charge in [0.25, 0.3) is 5.91 Å². The van der Waals surface area contributed by atoms with Crippen LogP contribution in [-0.4, -0.2) is 38.6 Å². The summed E-state index contributed by atoms with van der Waals surface area (Å²) in [7, 11) is 0. The maximum atomic E-state index is 13.8. The summed E-state index contributed by atoms with van der Waals surface area (Å²) >= 11 is 6.29. The van der Waals surface area contributed by atoms with E-state index in [1.165, 1.54) is 6.20 Å². The Morgan fingerprint density at radius 2 is 1.94 bits per heavy atom. The van der Waals surface area contributed by atoms with Crippen molar-refractivity contribution in [3.8, 4) is 11.3 Å². The summed E-state index contributed by atoms with van der Waals surface area (Å²) in [5, 5.41) is 4.48. The van der Waals surface area contributed by atoms with Gasteiger partial charge in [-0.1, -0.05) is 73.1 Å². The highest BCUT2D eigenvalue weighted by atomic mass is 35.5. The molecule has 0 spiro atoms. The molecule has 0 radical (unpaired) electrons. The predicted octanol–water partition coefficient (Wildman–Crippen LogP) is 5.74. The fourth-order valence-electron chi connectivity index (χ4n) is 4.44. The fraction of sp³-hybridized carbons (Fsp3) is 0.321. The van der Waals surface area contributed by atoms with E-state index in [0.29, 0.717) is 42.4 Å². The van der Waals surface area contributed by atoms with Gasteiger partial charge in [0, 0.05) is 29.9 Å². The molecule has 0 aliphatic heterocycles. The van der Waals surface area contributed by atoms with Crippen LogP contribution in [0.5, 0.6) is 0 Å². The number of benzene rings is 2. The number of rotatable bonds is 10. The van der Waals surface area contributed by atoms with Crippen molar-refractivity contribution in [2.45, 2.75) is 39.8 Å². The van der Waals surface area contributed by atoms with E-state index in [1.807, 2.05) is 53.6 Å². The Morgan fingerprint density at radius 1 is 1.17 bits per heavy atom. The summed E-state index contributed by atoms with van der Waals surface area (Å²) in [5.41, 5.74) is 9.19. The van der Waals surface area contributed by atoms with Crippen molar-refractivity contribution in [2.24, 2.45) is 11.7 Å². The summed E-state index contributed by atoms with van der Waals surface area (Å²) in [6, 6.07) is 17.6. The molecule has 2 aromatic heterocycles. The standard InChI is InChI=1S/C28H32ClN5O2/c1-19(2)26(34(14-8-13-30)28(35)24-16-31-36-20(24)3)27-32-25(22-11-7-12-23(29)15-22)18-33(27)17-21-9-5-4-6-10-21/h4-7,9-12,15-16,18-19,26H,8,13-14,17,30H2,1-3H3/t26-/m1/s1. The van der Waals surface area contributed by atoms with Crippen LogP contribution < -0.4 is 5.73 Å². The van der Waals surface area contributed by atoms with Gasteiger partial charge in [0.2, 0.25) is 0 Å². The van der Waals surface area contributed by atoms with E-state index < -0.39 is 0 Å². The number of aromatic nitrogens is 3. The first-order valence-corrected chi connectivity index (χ1v) is 12.6. The molecular formula is C28H32ClN5O2. The van der Waals surface area contributed by atoms with Crippen LogP contribution in [0.2, 0.25) is 5.02 Å². The number of amides is 1. The Kier molecular flexibility index (Phi) is 8.23. The molecule has 0 aliphatic carbocycles. The summed E-state index contributed by atoms with van der Waals surface area (Å²) in [4.78, 5) is 20.7. The topological polar surface area (TPSA) is 90.2 Å². The SMILES string of the molecule is Cc1oncc1C(=O)N(CCCN)[C@@H](c1nc(-c2cccc(Cl)c2)cn1Cc1ccccc1)C(C)C. The van der Waals surface area contributed by atoms with E-state index in [4.69, 9.17) is 26.8 Å². The second-order valence-electron chi connectivity index (χ2n) is 9.23. The number of imidazole rings is 1. The van der Waals surface area contributed by atoms with Gasteiger partial charge in [-0.05, 0) is 43.5 Å². The second kappa shape index (κ2) is 11.5. The number of hydrogen-bond donors (Lipinski definition) is 1. The molecule has 1 atom stereocenters. The van der Waals surface area contributed by atoms with Crippen LogP contribution in [0.1, 0.15) is 53.8 Å². The van der Waals surface area contributed by atoms with Crippen LogP contribution in [0.4, 0.5) is 0 Å². The Labute approximate surface area is 216 Å². The molecule has 7 nitrogen and oxygen atoms in total. The van der Waals surface area contributed by atoms with Gasteiger partial charge in [0.05, 0.1) is 17.9 Å². The normalized spacial score (nSPS) is 12.2. The lowest BCUT2D eigenvalue weighted by atomic mass is 9.99. The van der Waals surface area contributed by atoms with Crippen LogP contribution in [0, 0.1) is 12.8 Å². The molecule has 4 rings (SSSR count). The van der Waals surface area contributed by atoms with Gasteiger partial charge < -0.3 is 19.7 Å². The van der Waals surface area contributed by atoms with Crippen molar-refractivity contribution >= 4 is 17.5 Å². The van der Waals surface area contributed by atoms with Crippen LogP contribution in [0.25, 0.3) is 11.3 Å². The Balaban J connectivity index is 1.83. The molecule has 0 saturated heterocycles. The third-order valence-corrected chi connectivity index (χ3v) is 6.44. The molecular weight excluding hydrogens is 474 g/mol. The van der Waals surface area contributed by atoms with Crippen molar-refractivity contribution in [1.29, 1.82) is 0 Å². The zero-order valence-corrected chi connectivity index (χ0v) is 21.7. The molecule has 8 heteroatoms. The lowest BCUT2D eigenvalue weighted by molar-refractivity contribution is 0.0603. The zero-order valence-electron chi connectivity index (χ0n) is 20.9. The van der Waals surface area contributed by atoms with Gasteiger partial charge in [0.15, 0.2) is 0 Å². The van der Waals surface area contributed by atoms with Crippen molar-refractivity contribution < 1.29 is 9.32 Å². The van der Waals surface area contributed by atoms with Crippen LogP contribution in [0.3, 0.4) is 0 Å². The van der Waals surface area contributed by atoms with Crippen LogP contribution in [0.15, 0.2) is 71.5 Å². The van der Waals surface area contributed by atoms with Crippen molar-refractivity contribution in [3.05, 3.63) is 94.7 Å². The van der Waals surface area contributed by atoms with Crippen LogP contribution in [-0.2, 0) is 6.54 Å². The van der Waals surface area contributed by atoms with Crippen molar-refractivity contribution in [3.63, 3.8) is 0 Å². The highest BCUT2D eigenvalue weighted by Gasteiger charge is 2.33. The van der Waals surface area contributed by atoms with E-state index in [9.17, 15) is 4.79 Å². The smallest absolute Gasteiger partial charge is 0.259 e. The number of nitrogens with zero attached hydrogens (tertiary/aromatic N) is 4. The lowest BCUT2D eigenvalue weighted by Gasteiger charge is -2.34. The van der Waals surface area contributed by atoms with Gasteiger partial charge in [-0.25, -0.2) is 4.98 Å². The highest BCUT2D eigenvalue weighted by molar-refractivity contribution is 6.30. The molecule has 36 heavy (non-hydrogen) atoms. The Bertz CT molecular complexity index is 1300. The summed E-state index contributed by atoms with van der Waals surface area (Å²) < 4.78 is 7.34. The summed E-state index contributed by atoms with van der Waals surface area (Å²) in [6.07, 6.45) is 4.19. The summed E-state index contributed by atoms with van der Waals surface area (Å²) in [6.45, 7) is 7.55. The van der Waals surface area contributed by atoms with Crippen molar-refractivity contribution in [1.82, 2.24) is 19.6 Å². The molecule has 0 bridgehead atoms. The van der Waals surface area contributed by atoms with Crippen molar-refractivity contribution in [2.75, 3.05) is 13.1 Å². The molecule has 0 aliphatic rings. The lowest BCUT2D eigenvalue weighted by Crippen LogP contribution is -2.40. The summed E-state index contributed by atoms with van der Waals surface area (Å²) in [5.74, 6) is 1.24. The van der Waals surface area contributed by atoms with E-state index >= 15 is 0 Å². The van der Waals surface area contributed by atoms with Gasteiger partial charge in [-0.2, -0.15) is 0 Å². The molecule has 1 amide bonds. The fourth-order valence-corrected chi connectivity index (χ4v) is 4.63. The highest BCUT2D eigenvalue weighted by Crippen LogP contribution is 2.33. The third-order valence-electron chi connectivity index (χ3n) is 6.20. The largest absolute Gasteiger partial charge is 0.361 e. The first-order chi connectivity index (χ1) is 17.4. The monoisotopic (exact) mass is 505 g/mol. The molecule has 2 heterocycles. The van der Waals surface area contributed by atoms with Gasteiger partial charge in [-0.15, -0.1) is 0 Å². The van der Waals surface area contributed by atoms with Crippen LogP contribution >= 0.6 is 11.6 Å².